The summed E-state index contributed by atoms with van der Waals surface area (Å²) in [5, 5.41) is 10.1. The van der Waals surface area contributed by atoms with E-state index in [1.54, 1.807) is 12.5 Å². The average Bonchev–Trinajstić information content (AvgIpc) is 2.77. The molecule has 0 aromatic carbocycles. The van der Waals surface area contributed by atoms with Crippen molar-refractivity contribution in [3.05, 3.63) is 11.6 Å². The fraction of sp³-hybridized carbons (Fsp3) is 0.875. The average molecular weight is 499 g/mol. The third-order valence-corrected chi connectivity index (χ3v) is 13.6. The normalized spacial score (nSPS) is 51.5. The Bertz CT molecular complexity index is 996. The third kappa shape index (κ3) is 3.30. The summed E-state index contributed by atoms with van der Waals surface area (Å²) in [6, 6.07) is 0. The molecule has 36 heavy (non-hydrogen) atoms. The predicted octanol–water partition coefficient (Wildman–Crippen LogP) is 7.80. The summed E-state index contributed by atoms with van der Waals surface area (Å²) in [5.74, 6) is 0.760. The maximum absolute atomic E-state index is 12.3. The van der Waals surface area contributed by atoms with Gasteiger partial charge in [-0.3, -0.25) is 9.59 Å². The Labute approximate surface area is 219 Å². The quantitative estimate of drug-likeness (QED) is 0.311. The topological polar surface area (TPSA) is 63.6 Å². The third-order valence-electron chi connectivity index (χ3n) is 13.6. The summed E-state index contributed by atoms with van der Waals surface area (Å²) in [5.41, 5.74) is 1.77. The predicted molar refractivity (Wildman–Crippen MR) is 142 cm³/mol. The minimum absolute atomic E-state index is 0.00837. The molecule has 0 saturated heterocycles. The zero-order chi connectivity index (χ0) is 26.5. The van der Waals surface area contributed by atoms with E-state index < -0.39 is 11.4 Å². The lowest BCUT2D eigenvalue weighted by Gasteiger charge is -2.71. The Morgan fingerprint density at radius 1 is 0.889 bits per heavy atom. The molecule has 4 fully saturated rings. The van der Waals surface area contributed by atoms with Crippen molar-refractivity contribution in [1.82, 2.24) is 0 Å². The lowest BCUT2D eigenvalue weighted by molar-refractivity contribution is -0.212. The van der Waals surface area contributed by atoms with Crippen molar-refractivity contribution in [2.75, 3.05) is 0 Å². The van der Waals surface area contributed by atoms with Crippen molar-refractivity contribution in [1.29, 1.82) is 0 Å². The molecular formula is C32H50O4. The second kappa shape index (κ2) is 7.85. The SMILES string of the molecule is CC(=O)OC1CCC2(C)C(CCC3(C)C2CC=C2C4CC(C)(C(=O)O)CCC4(C)CCC23C)C1(C)C. The van der Waals surface area contributed by atoms with Gasteiger partial charge in [-0.05, 0) is 111 Å². The fourth-order valence-electron chi connectivity index (χ4n) is 10.9. The zero-order valence-electron chi connectivity index (χ0n) is 24.1. The molecular weight excluding hydrogens is 448 g/mol. The van der Waals surface area contributed by atoms with Crippen LogP contribution in [0.4, 0.5) is 0 Å². The molecule has 5 aliphatic rings. The van der Waals surface area contributed by atoms with Crippen LogP contribution in [0.1, 0.15) is 120 Å². The van der Waals surface area contributed by atoms with E-state index in [4.69, 9.17) is 4.74 Å². The molecule has 0 spiro atoms. The summed E-state index contributed by atoms with van der Waals surface area (Å²) >= 11 is 0. The van der Waals surface area contributed by atoms with Gasteiger partial charge in [0, 0.05) is 12.3 Å². The van der Waals surface area contributed by atoms with Crippen molar-refractivity contribution in [2.24, 2.45) is 50.2 Å². The van der Waals surface area contributed by atoms with Crippen LogP contribution >= 0.6 is 0 Å². The molecule has 0 aromatic rings. The number of carbonyl (C=O) groups excluding carboxylic acids is 1. The number of esters is 1. The Morgan fingerprint density at radius 2 is 1.56 bits per heavy atom. The highest BCUT2D eigenvalue weighted by atomic mass is 16.5. The lowest BCUT2D eigenvalue weighted by Crippen LogP contribution is -2.64. The van der Waals surface area contributed by atoms with Gasteiger partial charge in [0.1, 0.15) is 6.10 Å². The van der Waals surface area contributed by atoms with Gasteiger partial charge in [-0.2, -0.15) is 0 Å². The minimum Gasteiger partial charge on any atom is -0.481 e. The molecule has 9 unspecified atom stereocenters. The number of rotatable bonds is 2. The van der Waals surface area contributed by atoms with Crippen molar-refractivity contribution >= 4 is 11.9 Å². The molecule has 0 bridgehead atoms. The molecule has 202 valence electrons. The molecule has 0 aliphatic heterocycles. The van der Waals surface area contributed by atoms with E-state index in [9.17, 15) is 14.7 Å². The van der Waals surface area contributed by atoms with Gasteiger partial charge in [0.05, 0.1) is 5.41 Å². The van der Waals surface area contributed by atoms with Crippen molar-refractivity contribution in [3.8, 4) is 0 Å². The Hall–Kier alpha value is -1.32. The monoisotopic (exact) mass is 498 g/mol. The van der Waals surface area contributed by atoms with E-state index in [0.717, 1.165) is 38.5 Å². The van der Waals surface area contributed by atoms with Gasteiger partial charge in [0.25, 0.3) is 0 Å². The van der Waals surface area contributed by atoms with Crippen molar-refractivity contribution < 1.29 is 19.4 Å². The van der Waals surface area contributed by atoms with Gasteiger partial charge in [0.15, 0.2) is 0 Å². The number of hydrogen-bond acceptors (Lipinski definition) is 3. The van der Waals surface area contributed by atoms with Crippen LogP contribution in [0.25, 0.3) is 0 Å². The van der Waals surface area contributed by atoms with E-state index in [-0.39, 0.29) is 39.1 Å². The first kappa shape index (κ1) is 26.3. The summed E-state index contributed by atoms with van der Waals surface area (Å²) in [4.78, 5) is 24.2. The van der Waals surface area contributed by atoms with Gasteiger partial charge in [0.2, 0.25) is 0 Å². The Kier molecular flexibility index (Phi) is 5.74. The number of carboxylic acid groups (broad SMARTS) is 1. The molecule has 4 heteroatoms. The first-order chi connectivity index (χ1) is 16.5. The minimum atomic E-state index is -0.614. The molecule has 0 amide bonds. The Balaban J connectivity index is 1.53. The largest absolute Gasteiger partial charge is 0.481 e. The number of hydrogen-bond donors (Lipinski definition) is 1. The first-order valence-electron chi connectivity index (χ1n) is 14.6. The summed E-state index contributed by atoms with van der Waals surface area (Å²) in [7, 11) is 0. The number of carbonyl (C=O) groups is 2. The van der Waals surface area contributed by atoms with Crippen LogP contribution in [-0.4, -0.2) is 23.1 Å². The second-order valence-corrected chi connectivity index (χ2v) is 15.5. The van der Waals surface area contributed by atoms with Gasteiger partial charge in [-0.25, -0.2) is 0 Å². The number of ether oxygens (including phenoxy) is 1. The summed E-state index contributed by atoms with van der Waals surface area (Å²) in [6.45, 7) is 18.4. The molecule has 0 radical (unpaired) electrons. The highest BCUT2D eigenvalue weighted by molar-refractivity contribution is 5.74. The molecule has 9 atom stereocenters. The number of aliphatic carboxylic acids is 1. The van der Waals surface area contributed by atoms with Crippen LogP contribution in [0.3, 0.4) is 0 Å². The maximum Gasteiger partial charge on any atom is 0.309 e. The molecule has 4 saturated carbocycles. The van der Waals surface area contributed by atoms with Crippen molar-refractivity contribution in [2.45, 2.75) is 126 Å². The molecule has 0 heterocycles. The molecule has 4 nitrogen and oxygen atoms in total. The standard InChI is InChI=1S/C32H50O4/c1-20(33)36-25-12-13-30(6)23(27(25,2)3)11-14-32(8)24(30)10-9-21-22-19-29(5,26(34)35)16-15-28(22,4)17-18-31(21,32)7/h9,22-25H,10-19H2,1-8H3,(H,34,35). The lowest BCUT2D eigenvalue weighted by atomic mass is 9.33. The molecule has 5 rings (SSSR count). The first-order valence-corrected chi connectivity index (χ1v) is 14.6. The van der Waals surface area contributed by atoms with E-state index in [2.05, 4.69) is 47.6 Å². The highest BCUT2D eigenvalue weighted by Gasteiger charge is 2.68. The van der Waals surface area contributed by atoms with E-state index in [1.165, 1.54) is 25.7 Å². The molecule has 5 aliphatic carbocycles. The zero-order valence-corrected chi connectivity index (χ0v) is 24.1. The smallest absolute Gasteiger partial charge is 0.309 e. The van der Waals surface area contributed by atoms with Gasteiger partial charge in [-0.15, -0.1) is 0 Å². The van der Waals surface area contributed by atoms with Gasteiger partial charge in [-0.1, -0.05) is 53.2 Å². The Morgan fingerprint density at radius 3 is 2.19 bits per heavy atom. The van der Waals surface area contributed by atoms with Gasteiger partial charge < -0.3 is 9.84 Å². The number of allylic oxidation sites excluding steroid dienone is 2. The van der Waals surface area contributed by atoms with Crippen LogP contribution in [0.5, 0.6) is 0 Å². The van der Waals surface area contributed by atoms with Crippen LogP contribution in [-0.2, 0) is 14.3 Å². The van der Waals surface area contributed by atoms with Crippen LogP contribution in [0.2, 0.25) is 0 Å². The van der Waals surface area contributed by atoms with Crippen molar-refractivity contribution in [3.63, 3.8) is 0 Å². The molecule has 1 N–H and O–H groups in total. The maximum atomic E-state index is 12.3. The number of carboxylic acids is 1. The van der Waals surface area contributed by atoms with Crippen LogP contribution in [0, 0.1) is 50.2 Å². The van der Waals surface area contributed by atoms with Gasteiger partial charge >= 0.3 is 11.9 Å². The summed E-state index contributed by atoms with van der Waals surface area (Å²) < 4.78 is 5.88. The fourth-order valence-corrected chi connectivity index (χ4v) is 10.9. The van der Waals surface area contributed by atoms with E-state index >= 15 is 0 Å². The van der Waals surface area contributed by atoms with E-state index in [0.29, 0.717) is 17.8 Å². The molecule has 0 aromatic heterocycles. The van der Waals surface area contributed by atoms with Crippen LogP contribution in [0.15, 0.2) is 11.6 Å². The second-order valence-electron chi connectivity index (χ2n) is 15.5. The highest BCUT2D eigenvalue weighted by Crippen LogP contribution is 2.75. The summed E-state index contributed by atoms with van der Waals surface area (Å²) in [6.07, 6.45) is 13.3. The number of fused-ring (bicyclic) bond motifs is 7. The van der Waals surface area contributed by atoms with Crippen LogP contribution < -0.4 is 0 Å². The van der Waals surface area contributed by atoms with E-state index in [1.807, 2.05) is 6.92 Å².